The third-order valence-corrected chi connectivity index (χ3v) is 4.23. The van der Waals surface area contributed by atoms with Crippen LogP contribution in [0.15, 0.2) is 57.4 Å². The van der Waals surface area contributed by atoms with Gasteiger partial charge in [0.05, 0.1) is 4.90 Å². The summed E-state index contributed by atoms with van der Waals surface area (Å²) in [5.41, 5.74) is 5.92. The standard InChI is InChI=1S/C11H11N3O2S2/c12-8-4-5-9(10(7-8)18(13,15)16)17-11-3-1-2-6-14-11/h1-7H,12H2,(H2,13,15,16). The fourth-order valence-electron chi connectivity index (χ4n) is 1.35. The molecule has 0 amide bonds. The SMILES string of the molecule is Nc1ccc(Sc2ccccn2)c(S(N)(=O)=O)c1. The number of hydrogen-bond donors (Lipinski definition) is 2. The van der Waals surface area contributed by atoms with Crippen molar-refractivity contribution in [2.45, 2.75) is 14.8 Å². The van der Waals surface area contributed by atoms with Gasteiger partial charge in [0.2, 0.25) is 10.0 Å². The first-order chi connectivity index (χ1) is 8.47. The quantitative estimate of drug-likeness (QED) is 0.830. The van der Waals surface area contributed by atoms with E-state index in [4.69, 9.17) is 10.9 Å². The van der Waals surface area contributed by atoms with Crippen LogP contribution in [0.4, 0.5) is 5.69 Å². The second-order valence-corrected chi connectivity index (χ2v) is 6.11. The number of nitrogens with two attached hydrogens (primary N) is 2. The summed E-state index contributed by atoms with van der Waals surface area (Å²) in [7, 11) is -3.80. The summed E-state index contributed by atoms with van der Waals surface area (Å²) in [4.78, 5) is 4.63. The molecule has 0 spiro atoms. The van der Waals surface area contributed by atoms with Crippen LogP contribution in [0, 0.1) is 0 Å². The van der Waals surface area contributed by atoms with Gasteiger partial charge in [-0.25, -0.2) is 18.5 Å². The van der Waals surface area contributed by atoms with Crippen LogP contribution < -0.4 is 10.9 Å². The van der Waals surface area contributed by atoms with Gasteiger partial charge in [-0.05, 0) is 30.3 Å². The maximum absolute atomic E-state index is 11.5. The van der Waals surface area contributed by atoms with E-state index in [1.54, 1.807) is 30.5 Å². The molecule has 0 saturated carbocycles. The zero-order chi connectivity index (χ0) is 13.2. The third kappa shape index (κ3) is 3.00. The molecule has 1 aromatic carbocycles. The van der Waals surface area contributed by atoms with Crippen molar-refractivity contribution in [3.8, 4) is 0 Å². The molecule has 1 heterocycles. The molecule has 0 aliphatic carbocycles. The third-order valence-electron chi connectivity index (χ3n) is 2.13. The monoisotopic (exact) mass is 281 g/mol. The summed E-state index contributed by atoms with van der Waals surface area (Å²) in [5, 5.41) is 5.85. The summed E-state index contributed by atoms with van der Waals surface area (Å²) in [6, 6.07) is 9.99. The Morgan fingerprint density at radius 1 is 1.17 bits per heavy atom. The van der Waals surface area contributed by atoms with Crippen LogP contribution in [0.25, 0.3) is 0 Å². The fraction of sp³-hybridized carbons (Fsp3) is 0. The molecule has 2 aromatic rings. The number of nitrogens with zero attached hydrogens (tertiary/aromatic N) is 1. The van der Waals surface area contributed by atoms with Crippen LogP contribution in [0.3, 0.4) is 0 Å². The molecule has 0 fully saturated rings. The molecule has 0 bridgehead atoms. The molecule has 0 saturated heterocycles. The second kappa shape index (κ2) is 4.97. The fourth-order valence-corrected chi connectivity index (χ4v) is 3.25. The van der Waals surface area contributed by atoms with Crippen LogP contribution in [0.2, 0.25) is 0 Å². The van der Waals surface area contributed by atoms with E-state index in [9.17, 15) is 8.42 Å². The molecule has 0 aliphatic heterocycles. The van der Waals surface area contributed by atoms with Gasteiger partial charge >= 0.3 is 0 Å². The lowest BCUT2D eigenvalue weighted by Gasteiger charge is -2.07. The van der Waals surface area contributed by atoms with Gasteiger partial charge in [0.25, 0.3) is 0 Å². The first-order valence-electron chi connectivity index (χ1n) is 4.98. The van der Waals surface area contributed by atoms with Crippen molar-refractivity contribution in [1.29, 1.82) is 0 Å². The van der Waals surface area contributed by atoms with Crippen molar-refractivity contribution in [2.75, 3.05) is 5.73 Å². The Morgan fingerprint density at radius 2 is 1.94 bits per heavy atom. The average molecular weight is 281 g/mol. The Bertz CT molecular complexity index is 657. The van der Waals surface area contributed by atoms with Crippen LogP contribution in [0.5, 0.6) is 0 Å². The molecule has 2 rings (SSSR count). The van der Waals surface area contributed by atoms with Gasteiger partial charge in [-0.3, -0.25) is 0 Å². The van der Waals surface area contributed by atoms with Crippen molar-refractivity contribution >= 4 is 27.5 Å². The molecule has 0 atom stereocenters. The van der Waals surface area contributed by atoms with Crippen LogP contribution in [-0.2, 0) is 10.0 Å². The lowest BCUT2D eigenvalue weighted by atomic mass is 10.3. The molecule has 0 aliphatic rings. The smallest absolute Gasteiger partial charge is 0.239 e. The van der Waals surface area contributed by atoms with E-state index in [0.29, 0.717) is 15.6 Å². The van der Waals surface area contributed by atoms with Gasteiger partial charge < -0.3 is 5.73 Å². The summed E-state index contributed by atoms with van der Waals surface area (Å²) < 4.78 is 23.0. The largest absolute Gasteiger partial charge is 0.399 e. The molecule has 0 radical (unpaired) electrons. The second-order valence-electron chi connectivity index (χ2n) is 3.52. The molecular weight excluding hydrogens is 270 g/mol. The zero-order valence-electron chi connectivity index (χ0n) is 9.28. The minimum Gasteiger partial charge on any atom is -0.399 e. The molecule has 5 nitrogen and oxygen atoms in total. The maximum atomic E-state index is 11.5. The predicted molar refractivity (Wildman–Crippen MR) is 70.6 cm³/mol. The van der Waals surface area contributed by atoms with Crippen molar-refractivity contribution in [3.63, 3.8) is 0 Å². The van der Waals surface area contributed by atoms with Crippen LogP contribution in [0.1, 0.15) is 0 Å². The number of pyridine rings is 1. The number of primary sulfonamides is 1. The van der Waals surface area contributed by atoms with Gasteiger partial charge in [-0.15, -0.1) is 0 Å². The van der Waals surface area contributed by atoms with Crippen LogP contribution in [-0.4, -0.2) is 13.4 Å². The number of aromatic nitrogens is 1. The lowest BCUT2D eigenvalue weighted by Crippen LogP contribution is -2.13. The summed E-state index contributed by atoms with van der Waals surface area (Å²) in [5.74, 6) is 0. The number of nitrogen functional groups attached to an aromatic ring is 1. The van der Waals surface area contributed by atoms with Gasteiger partial charge in [-0.1, -0.05) is 17.8 Å². The van der Waals surface area contributed by atoms with Crippen molar-refractivity contribution in [2.24, 2.45) is 5.14 Å². The summed E-state index contributed by atoms with van der Waals surface area (Å²) in [6.45, 7) is 0. The number of benzene rings is 1. The van der Waals surface area contributed by atoms with E-state index < -0.39 is 10.0 Å². The molecule has 94 valence electrons. The van der Waals surface area contributed by atoms with Gasteiger partial charge in [0.1, 0.15) is 5.03 Å². The predicted octanol–water partition coefficient (Wildman–Crippen LogP) is 1.46. The Labute approximate surface area is 109 Å². The Balaban J connectivity index is 2.46. The van der Waals surface area contributed by atoms with E-state index in [2.05, 4.69) is 4.98 Å². The Kier molecular flexibility index (Phi) is 3.55. The van der Waals surface area contributed by atoms with E-state index in [0.717, 1.165) is 0 Å². The maximum Gasteiger partial charge on any atom is 0.239 e. The van der Waals surface area contributed by atoms with E-state index in [-0.39, 0.29) is 4.90 Å². The number of anilines is 1. The molecular formula is C11H11N3O2S2. The molecule has 0 unspecified atom stereocenters. The minimum atomic E-state index is -3.80. The topological polar surface area (TPSA) is 99.1 Å². The molecule has 1 aromatic heterocycles. The van der Waals surface area contributed by atoms with E-state index in [1.165, 1.54) is 17.8 Å². The number of hydrogen-bond acceptors (Lipinski definition) is 5. The van der Waals surface area contributed by atoms with Gasteiger partial charge in [0, 0.05) is 16.8 Å². The van der Waals surface area contributed by atoms with Crippen LogP contribution >= 0.6 is 11.8 Å². The molecule has 4 N–H and O–H groups in total. The number of sulfonamides is 1. The highest BCUT2D eigenvalue weighted by molar-refractivity contribution is 8.00. The highest BCUT2D eigenvalue weighted by Gasteiger charge is 2.15. The first-order valence-corrected chi connectivity index (χ1v) is 7.34. The summed E-state index contributed by atoms with van der Waals surface area (Å²) >= 11 is 1.22. The molecule has 18 heavy (non-hydrogen) atoms. The van der Waals surface area contributed by atoms with Gasteiger partial charge in [0.15, 0.2) is 0 Å². The summed E-state index contributed by atoms with van der Waals surface area (Å²) in [6.07, 6.45) is 1.64. The van der Waals surface area contributed by atoms with Crippen molar-refractivity contribution in [1.82, 2.24) is 4.98 Å². The highest BCUT2D eigenvalue weighted by atomic mass is 32.2. The van der Waals surface area contributed by atoms with E-state index in [1.807, 2.05) is 6.07 Å². The normalized spacial score (nSPS) is 11.4. The molecule has 7 heteroatoms. The Morgan fingerprint density at radius 3 is 2.56 bits per heavy atom. The number of rotatable bonds is 3. The average Bonchev–Trinajstić information content (AvgIpc) is 2.31. The highest BCUT2D eigenvalue weighted by Crippen LogP contribution is 2.32. The van der Waals surface area contributed by atoms with Crippen molar-refractivity contribution in [3.05, 3.63) is 42.6 Å². The first kappa shape index (κ1) is 12.9. The Hall–Kier alpha value is -1.57. The zero-order valence-corrected chi connectivity index (χ0v) is 10.9. The van der Waals surface area contributed by atoms with Gasteiger partial charge in [-0.2, -0.15) is 0 Å². The minimum absolute atomic E-state index is 0.0122. The lowest BCUT2D eigenvalue weighted by molar-refractivity contribution is 0.596. The van der Waals surface area contributed by atoms with Crippen molar-refractivity contribution < 1.29 is 8.42 Å². The van der Waals surface area contributed by atoms with E-state index >= 15 is 0 Å².